The van der Waals surface area contributed by atoms with Crippen LogP contribution in [0.4, 0.5) is 0 Å². The van der Waals surface area contributed by atoms with Crippen molar-refractivity contribution in [1.29, 1.82) is 0 Å². The summed E-state index contributed by atoms with van der Waals surface area (Å²) in [6, 6.07) is 31.0. The monoisotopic (exact) mass is 451 g/mol. The number of pyridine rings is 1. The maximum absolute atomic E-state index is 6.16. The Morgan fingerprint density at radius 3 is 1.59 bits per heavy atom. The zero-order valence-electron chi connectivity index (χ0n) is 19.2. The van der Waals surface area contributed by atoms with E-state index in [0.717, 1.165) is 60.2 Å². The molecule has 5 rings (SSSR count). The lowest BCUT2D eigenvalue weighted by atomic mass is 10.1. The van der Waals surface area contributed by atoms with Crippen LogP contribution in [0.15, 0.2) is 91.0 Å². The van der Waals surface area contributed by atoms with E-state index in [2.05, 4.69) is 47.0 Å². The molecule has 0 atom stereocenters. The molecule has 0 saturated carbocycles. The van der Waals surface area contributed by atoms with E-state index in [1.165, 1.54) is 11.1 Å². The van der Waals surface area contributed by atoms with E-state index in [9.17, 15) is 0 Å². The molecule has 1 aliphatic heterocycles. The molecule has 34 heavy (non-hydrogen) atoms. The van der Waals surface area contributed by atoms with Crippen LogP contribution in [-0.4, -0.2) is 4.98 Å². The van der Waals surface area contributed by atoms with Crippen LogP contribution in [0.25, 0.3) is 0 Å². The molecule has 0 unspecified atom stereocenters. The Morgan fingerprint density at radius 1 is 0.529 bits per heavy atom. The lowest BCUT2D eigenvalue weighted by Crippen LogP contribution is -2.16. The molecule has 0 fully saturated rings. The van der Waals surface area contributed by atoms with Crippen molar-refractivity contribution in [2.75, 3.05) is 0 Å². The van der Waals surface area contributed by atoms with Gasteiger partial charge >= 0.3 is 0 Å². The van der Waals surface area contributed by atoms with Gasteiger partial charge in [-0.25, -0.2) is 0 Å². The molecule has 0 radical (unpaired) electrons. The summed E-state index contributed by atoms with van der Waals surface area (Å²) in [4.78, 5) is 4.74. The highest BCUT2D eigenvalue weighted by atomic mass is 16.5. The Bertz CT molecular complexity index is 1150. The Hall–Kier alpha value is -3.67. The van der Waals surface area contributed by atoms with E-state index < -0.39 is 0 Å². The molecule has 0 aliphatic carbocycles. The van der Waals surface area contributed by atoms with Crippen molar-refractivity contribution >= 4 is 0 Å². The van der Waals surface area contributed by atoms with Gasteiger partial charge in [0.1, 0.15) is 24.7 Å². The molecule has 5 nitrogen and oxygen atoms in total. The van der Waals surface area contributed by atoms with E-state index in [1.54, 1.807) is 0 Å². The van der Waals surface area contributed by atoms with Crippen LogP contribution in [0.1, 0.15) is 33.6 Å². The maximum atomic E-state index is 6.16. The van der Waals surface area contributed by atoms with Gasteiger partial charge in [-0.15, -0.1) is 0 Å². The zero-order chi connectivity index (χ0) is 23.0. The van der Waals surface area contributed by atoms with Gasteiger partial charge in [0.05, 0.1) is 11.4 Å². The van der Waals surface area contributed by atoms with Gasteiger partial charge in [0.15, 0.2) is 0 Å². The average molecular weight is 452 g/mol. The van der Waals surface area contributed by atoms with Crippen LogP contribution in [0.3, 0.4) is 0 Å². The molecule has 2 heterocycles. The number of ether oxygens (including phenoxy) is 2. The first-order chi connectivity index (χ1) is 16.8. The van der Waals surface area contributed by atoms with Crippen LogP contribution >= 0.6 is 0 Å². The van der Waals surface area contributed by atoms with E-state index in [-0.39, 0.29) is 0 Å². The van der Waals surface area contributed by atoms with Gasteiger partial charge in [0, 0.05) is 37.3 Å². The first kappa shape index (κ1) is 22.1. The third-order valence-corrected chi connectivity index (χ3v) is 5.84. The highest BCUT2D eigenvalue weighted by molar-refractivity contribution is 5.35. The predicted octanol–water partition coefficient (Wildman–Crippen LogP) is 5.13. The second-order valence-corrected chi connectivity index (χ2v) is 8.44. The predicted molar refractivity (Wildman–Crippen MR) is 133 cm³/mol. The fourth-order valence-electron chi connectivity index (χ4n) is 4.11. The molecule has 0 saturated heterocycles. The molecule has 1 aliphatic rings. The zero-order valence-corrected chi connectivity index (χ0v) is 19.2. The van der Waals surface area contributed by atoms with Crippen LogP contribution < -0.4 is 20.1 Å². The first-order valence-electron chi connectivity index (χ1n) is 11.7. The third kappa shape index (κ3) is 5.81. The van der Waals surface area contributed by atoms with Gasteiger partial charge in [-0.05, 0) is 35.4 Å². The van der Waals surface area contributed by atoms with Crippen molar-refractivity contribution in [2.45, 2.75) is 39.4 Å². The molecule has 2 N–H and O–H groups in total. The summed E-state index contributed by atoms with van der Waals surface area (Å²) < 4.78 is 12.3. The van der Waals surface area contributed by atoms with E-state index in [1.807, 2.05) is 54.6 Å². The minimum Gasteiger partial charge on any atom is -0.487 e. The van der Waals surface area contributed by atoms with Crippen LogP contribution in [-0.2, 0) is 39.4 Å². The topological polar surface area (TPSA) is 55.4 Å². The molecule has 1 aromatic heterocycles. The van der Waals surface area contributed by atoms with Gasteiger partial charge < -0.3 is 20.1 Å². The van der Waals surface area contributed by atoms with Crippen molar-refractivity contribution in [3.05, 3.63) is 125 Å². The molecular weight excluding hydrogens is 422 g/mol. The number of aromatic nitrogens is 1. The van der Waals surface area contributed by atoms with Gasteiger partial charge in [-0.2, -0.15) is 0 Å². The summed E-state index contributed by atoms with van der Waals surface area (Å²) in [7, 11) is 0. The number of hydrogen-bond acceptors (Lipinski definition) is 5. The molecule has 0 amide bonds. The Balaban J connectivity index is 1.40. The third-order valence-electron chi connectivity index (χ3n) is 5.84. The summed E-state index contributed by atoms with van der Waals surface area (Å²) in [6.07, 6.45) is 0. The number of fused-ring (bicyclic) bond motifs is 6. The number of nitrogens with one attached hydrogen (secondary N) is 2. The average Bonchev–Trinajstić information content (AvgIpc) is 2.88. The minimum atomic E-state index is 0.410. The normalized spacial score (nSPS) is 14.6. The number of para-hydroxylation sites is 2. The Kier molecular flexibility index (Phi) is 7.14. The first-order valence-corrected chi connectivity index (χ1v) is 11.7. The number of rotatable bonds is 0. The van der Waals surface area contributed by atoms with Gasteiger partial charge in [-0.3, -0.25) is 4.98 Å². The number of benzene rings is 3. The number of hydrogen-bond donors (Lipinski definition) is 2. The molecule has 4 aromatic rings. The molecule has 0 spiro atoms. The SMILES string of the molecule is c1cc2cc(c1)CNCc1ccccc1OCc1cccc(n1)COc1ccccc1CNC2. The van der Waals surface area contributed by atoms with Crippen LogP contribution in [0.2, 0.25) is 0 Å². The van der Waals surface area contributed by atoms with Gasteiger partial charge in [0.25, 0.3) is 0 Å². The summed E-state index contributed by atoms with van der Waals surface area (Å²) in [6.45, 7) is 3.87. The summed E-state index contributed by atoms with van der Waals surface area (Å²) in [5.41, 5.74) is 6.54. The Labute approximate surface area is 200 Å². The van der Waals surface area contributed by atoms with Crippen molar-refractivity contribution in [3.8, 4) is 11.5 Å². The lowest BCUT2D eigenvalue weighted by Gasteiger charge is -2.15. The van der Waals surface area contributed by atoms with Crippen LogP contribution in [0.5, 0.6) is 11.5 Å². The second-order valence-electron chi connectivity index (χ2n) is 8.44. The molecule has 172 valence electrons. The van der Waals surface area contributed by atoms with E-state index in [4.69, 9.17) is 14.5 Å². The van der Waals surface area contributed by atoms with E-state index >= 15 is 0 Å². The smallest absolute Gasteiger partial charge is 0.130 e. The second kappa shape index (κ2) is 11.0. The largest absolute Gasteiger partial charge is 0.487 e. The van der Waals surface area contributed by atoms with Crippen molar-refractivity contribution in [1.82, 2.24) is 15.6 Å². The molecule has 4 bridgehead atoms. The van der Waals surface area contributed by atoms with Gasteiger partial charge in [-0.1, -0.05) is 66.7 Å². The Morgan fingerprint density at radius 2 is 1.03 bits per heavy atom. The standard InChI is InChI=1S/C29H29N3O2/c1-3-13-28-24(9-1)18-30-16-22-7-5-8-23(15-22)17-31-19-25-10-2-4-14-29(25)34-21-27-12-6-11-26(32-27)20-33-28/h1-15,30-31H,16-21H2. The fourth-order valence-corrected chi connectivity index (χ4v) is 4.11. The molecule has 5 heteroatoms. The van der Waals surface area contributed by atoms with Crippen molar-refractivity contribution < 1.29 is 9.47 Å². The van der Waals surface area contributed by atoms with Crippen molar-refractivity contribution in [2.24, 2.45) is 0 Å². The molecular formula is C29H29N3O2. The highest BCUT2D eigenvalue weighted by Crippen LogP contribution is 2.21. The van der Waals surface area contributed by atoms with Gasteiger partial charge in [0.2, 0.25) is 0 Å². The summed E-state index contributed by atoms with van der Waals surface area (Å²) >= 11 is 0. The lowest BCUT2D eigenvalue weighted by molar-refractivity contribution is 0.286. The van der Waals surface area contributed by atoms with E-state index in [0.29, 0.717) is 13.2 Å². The fraction of sp³-hybridized carbons (Fsp3) is 0.207. The van der Waals surface area contributed by atoms with Crippen LogP contribution in [0, 0.1) is 0 Å². The minimum absolute atomic E-state index is 0.410. The molecule has 3 aromatic carbocycles. The summed E-state index contributed by atoms with van der Waals surface area (Å²) in [5, 5.41) is 7.12. The quantitative estimate of drug-likeness (QED) is 0.388. The number of nitrogens with zero attached hydrogens (tertiary/aromatic N) is 1. The highest BCUT2D eigenvalue weighted by Gasteiger charge is 2.08. The maximum Gasteiger partial charge on any atom is 0.130 e. The van der Waals surface area contributed by atoms with Crippen molar-refractivity contribution in [3.63, 3.8) is 0 Å². The summed E-state index contributed by atoms with van der Waals surface area (Å²) in [5.74, 6) is 1.75.